The fourth-order valence-electron chi connectivity index (χ4n) is 5.63. The topological polar surface area (TPSA) is 101 Å². The van der Waals surface area contributed by atoms with Crippen LogP contribution in [0.15, 0.2) is 66.7 Å². The van der Waals surface area contributed by atoms with Crippen molar-refractivity contribution in [2.45, 2.75) is 18.8 Å². The molecule has 40 heavy (non-hydrogen) atoms. The van der Waals surface area contributed by atoms with Crippen molar-refractivity contribution in [3.63, 3.8) is 0 Å². The van der Waals surface area contributed by atoms with Crippen LogP contribution in [-0.2, 0) is 10.2 Å². The molecule has 8 nitrogen and oxygen atoms in total. The van der Waals surface area contributed by atoms with Gasteiger partial charge in [0.25, 0.3) is 10.2 Å². The normalized spacial score (nSPS) is 20.2. The minimum atomic E-state index is -3.63. The summed E-state index contributed by atoms with van der Waals surface area (Å²) in [4.78, 5) is 16.1. The van der Waals surface area contributed by atoms with Gasteiger partial charge in [-0.05, 0) is 47.9 Å². The van der Waals surface area contributed by atoms with Crippen LogP contribution in [0.4, 0.5) is 4.39 Å². The van der Waals surface area contributed by atoms with E-state index in [4.69, 9.17) is 0 Å². The first-order valence-corrected chi connectivity index (χ1v) is 14.5. The molecule has 1 fully saturated rings. The van der Waals surface area contributed by atoms with Gasteiger partial charge in [0.15, 0.2) is 5.78 Å². The molecule has 1 heterocycles. The summed E-state index contributed by atoms with van der Waals surface area (Å²) in [6, 6.07) is 17.9. The molecule has 3 atom stereocenters. The Morgan fingerprint density at radius 2 is 1.65 bits per heavy atom. The van der Waals surface area contributed by atoms with Crippen LogP contribution >= 0.6 is 0 Å². The van der Waals surface area contributed by atoms with Crippen LogP contribution in [0.3, 0.4) is 0 Å². The van der Waals surface area contributed by atoms with Crippen LogP contribution < -0.4 is 0 Å². The summed E-state index contributed by atoms with van der Waals surface area (Å²) in [5.41, 5.74) is 2.07. The van der Waals surface area contributed by atoms with E-state index in [0.717, 1.165) is 4.31 Å². The summed E-state index contributed by atoms with van der Waals surface area (Å²) in [5.74, 6) is -2.12. The van der Waals surface area contributed by atoms with Gasteiger partial charge in [-0.25, -0.2) is 4.39 Å². The lowest BCUT2D eigenvalue weighted by Crippen LogP contribution is -2.50. The zero-order chi connectivity index (χ0) is 29.2. The zero-order valence-electron chi connectivity index (χ0n) is 23.2. The summed E-state index contributed by atoms with van der Waals surface area (Å²) < 4.78 is 42.5. The molecular weight excluding hydrogens is 533 g/mol. The molecule has 214 valence electrons. The van der Waals surface area contributed by atoms with Crippen molar-refractivity contribution in [1.82, 2.24) is 13.5 Å². The van der Waals surface area contributed by atoms with E-state index in [0.29, 0.717) is 35.3 Å². The van der Waals surface area contributed by atoms with E-state index >= 15 is 0 Å². The lowest BCUT2D eigenvalue weighted by molar-refractivity contribution is 0.0731. The summed E-state index contributed by atoms with van der Waals surface area (Å²) in [6.45, 7) is 2.92. The zero-order valence-corrected chi connectivity index (χ0v) is 24.0. The van der Waals surface area contributed by atoms with Crippen molar-refractivity contribution in [3.05, 3.63) is 94.8 Å². The molecule has 3 aromatic carbocycles. The number of piperidine rings is 1. The number of phenolic OH excluding ortho intramolecular Hbond substituents is 2. The molecule has 3 aromatic rings. The van der Waals surface area contributed by atoms with Gasteiger partial charge in [0, 0.05) is 70.6 Å². The third kappa shape index (κ3) is 6.05. The first-order chi connectivity index (χ1) is 18.9. The second-order valence-corrected chi connectivity index (χ2v) is 12.8. The molecule has 1 aliphatic heterocycles. The Hall–Kier alpha value is -3.31. The number of carbonyl (C=O) groups is 1. The standard InChI is InChI=1S/C30H36FN3O5S/c1-20-23(12-8-13-27(20)31)29-25(24-11-5-6-14-28(24)36)18-34(16-15-33(4)40(38,39)32(2)3)19-26(29)30(37)21-9-7-10-22(35)17-21/h5-14,17,25-26,29,35-36H,15-16,18-19H2,1-4H3/t25-,26+,29-/m1/s1. The van der Waals surface area contributed by atoms with Crippen molar-refractivity contribution in [2.24, 2.45) is 5.92 Å². The number of nitrogens with zero attached hydrogens (tertiary/aromatic N) is 3. The highest BCUT2D eigenvalue weighted by Crippen LogP contribution is 2.47. The van der Waals surface area contributed by atoms with Crippen LogP contribution in [0.5, 0.6) is 11.5 Å². The first kappa shape index (κ1) is 29.7. The smallest absolute Gasteiger partial charge is 0.281 e. The lowest BCUT2D eigenvalue weighted by Gasteiger charge is -2.45. The molecule has 10 heteroatoms. The number of Topliss-reactive ketones (excluding diaryl/α,β-unsaturated/α-hetero) is 1. The van der Waals surface area contributed by atoms with E-state index in [9.17, 15) is 27.8 Å². The Morgan fingerprint density at radius 3 is 2.33 bits per heavy atom. The summed E-state index contributed by atoms with van der Waals surface area (Å²) in [6.07, 6.45) is 0. The molecule has 0 spiro atoms. The summed E-state index contributed by atoms with van der Waals surface area (Å²) in [7, 11) is 0.818. The molecule has 1 saturated heterocycles. The maximum Gasteiger partial charge on any atom is 0.281 e. The highest BCUT2D eigenvalue weighted by molar-refractivity contribution is 7.86. The van der Waals surface area contributed by atoms with Crippen molar-refractivity contribution in [1.29, 1.82) is 0 Å². The minimum absolute atomic E-state index is 0.0372. The lowest BCUT2D eigenvalue weighted by atomic mass is 9.67. The van der Waals surface area contributed by atoms with Crippen molar-refractivity contribution >= 4 is 16.0 Å². The fourth-order valence-corrected chi connectivity index (χ4v) is 6.50. The highest BCUT2D eigenvalue weighted by Gasteiger charge is 2.44. The van der Waals surface area contributed by atoms with Gasteiger partial charge in [0.05, 0.1) is 0 Å². The molecule has 0 radical (unpaired) electrons. The van der Waals surface area contributed by atoms with Crippen molar-refractivity contribution in [3.8, 4) is 11.5 Å². The molecule has 4 rings (SSSR count). The van der Waals surface area contributed by atoms with E-state index in [1.54, 1.807) is 37.3 Å². The van der Waals surface area contributed by atoms with E-state index < -0.39 is 28.0 Å². The molecule has 1 aliphatic rings. The van der Waals surface area contributed by atoms with Crippen molar-refractivity contribution < 1.29 is 27.8 Å². The average molecular weight is 570 g/mol. The molecule has 2 N–H and O–H groups in total. The Morgan fingerprint density at radius 1 is 0.975 bits per heavy atom. The second kappa shape index (κ2) is 12.1. The predicted octanol–water partition coefficient (Wildman–Crippen LogP) is 3.97. The van der Waals surface area contributed by atoms with Crippen LogP contribution in [0.2, 0.25) is 0 Å². The van der Waals surface area contributed by atoms with E-state index in [2.05, 4.69) is 0 Å². The molecule has 0 aliphatic carbocycles. The van der Waals surface area contributed by atoms with Crippen LogP contribution in [0.1, 0.15) is 38.9 Å². The maximum absolute atomic E-state index is 14.9. The van der Waals surface area contributed by atoms with Gasteiger partial charge in [0.2, 0.25) is 0 Å². The number of aromatic hydroxyl groups is 2. The average Bonchev–Trinajstić information content (AvgIpc) is 2.92. The maximum atomic E-state index is 14.9. The van der Waals surface area contributed by atoms with E-state index in [1.807, 2.05) is 23.1 Å². The molecule has 0 saturated carbocycles. The SMILES string of the molecule is Cc1c(F)cccc1[C@H]1[C@@H](C(=O)c2cccc(O)c2)CN(CCN(C)S(=O)(=O)N(C)C)C[C@@H]1c1ccccc1O. The number of hydrogen-bond acceptors (Lipinski definition) is 6. The number of halogens is 1. The number of rotatable bonds is 9. The van der Waals surface area contributed by atoms with Gasteiger partial charge in [-0.1, -0.05) is 42.5 Å². The Balaban J connectivity index is 1.81. The monoisotopic (exact) mass is 569 g/mol. The predicted molar refractivity (Wildman–Crippen MR) is 152 cm³/mol. The molecule has 0 bridgehead atoms. The Bertz CT molecular complexity index is 1480. The number of hydrogen-bond donors (Lipinski definition) is 2. The fraction of sp³-hybridized carbons (Fsp3) is 0.367. The van der Waals surface area contributed by atoms with Gasteiger partial charge in [-0.15, -0.1) is 0 Å². The Labute approximate surface area is 235 Å². The van der Waals surface area contributed by atoms with Gasteiger partial charge < -0.3 is 15.1 Å². The molecule has 0 unspecified atom stereocenters. The van der Waals surface area contributed by atoms with Crippen LogP contribution in [-0.4, -0.2) is 85.2 Å². The first-order valence-electron chi connectivity index (χ1n) is 13.1. The van der Waals surface area contributed by atoms with E-state index in [-0.39, 0.29) is 36.2 Å². The Kier molecular flexibility index (Phi) is 8.94. The molecule has 0 amide bonds. The quantitative estimate of drug-likeness (QED) is 0.379. The van der Waals surface area contributed by atoms with Crippen molar-refractivity contribution in [2.75, 3.05) is 47.3 Å². The summed E-state index contributed by atoms with van der Waals surface area (Å²) >= 11 is 0. The van der Waals surface area contributed by atoms with Gasteiger partial charge in [0.1, 0.15) is 17.3 Å². The van der Waals surface area contributed by atoms with E-state index in [1.165, 1.54) is 43.6 Å². The van der Waals surface area contributed by atoms with Gasteiger partial charge >= 0.3 is 0 Å². The number of likely N-dealkylation sites (N-methyl/N-ethyl adjacent to an activating group) is 1. The number of benzene rings is 3. The molecular formula is C30H36FN3O5S. The number of carbonyl (C=O) groups excluding carboxylic acids is 1. The highest BCUT2D eigenvalue weighted by atomic mass is 32.2. The minimum Gasteiger partial charge on any atom is -0.508 e. The van der Waals surface area contributed by atoms with Gasteiger partial charge in [-0.3, -0.25) is 4.79 Å². The number of para-hydroxylation sites is 1. The summed E-state index contributed by atoms with van der Waals surface area (Å²) in [5, 5.41) is 21.0. The third-order valence-electron chi connectivity index (χ3n) is 7.84. The third-order valence-corrected chi connectivity index (χ3v) is 9.73. The number of likely N-dealkylation sites (tertiary alicyclic amines) is 1. The van der Waals surface area contributed by atoms with Crippen LogP contribution in [0, 0.1) is 18.7 Å². The largest absolute Gasteiger partial charge is 0.508 e. The molecule has 0 aromatic heterocycles. The number of ketones is 1. The second-order valence-electron chi connectivity index (χ2n) is 10.5. The van der Waals surface area contributed by atoms with Gasteiger partial charge in [-0.2, -0.15) is 17.0 Å². The number of phenols is 2. The van der Waals surface area contributed by atoms with Crippen LogP contribution in [0.25, 0.3) is 0 Å².